The van der Waals surface area contributed by atoms with Crippen LogP contribution in [0.15, 0.2) is 23.1 Å². The second-order valence-electron chi connectivity index (χ2n) is 6.81. The molecule has 1 aliphatic carbocycles. The van der Waals surface area contributed by atoms with Crippen LogP contribution in [0.2, 0.25) is 0 Å². The van der Waals surface area contributed by atoms with Gasteiger partial charge >= 0.3 is 0 Å². The van der Waals surface area contributed by atoms with Gasteiger partial charge in [0.15, 0.2) is 9.84 Å². The Morgan fingerprint density at radius 1 is 1.24 bits per heavy atom. The van der Waals surface area contributed by atoms with Gasteiger partial charge in [0.2, 0.25) is 5.91 Å². The Hall–Kier alpha value is -2.16. The number of benzene rings is 1. The van der Waals surface area contributed by atoms with Crippen LogP contribution >= 0.6 is 0 Å². The smallest absolute Gasteiger partial charge is 0.293 e. The van der Waals surface area contributed by atoms with Gasteiger partial charge in [-0.05, 0) is 24.5 Å². The fourth-order valence-corrected chi connectivity index (χ4v) is 3.86. The van der Waals surface area contributed by atoms with E-state index in [9.17, 15) is 23.3 Å². The molecule has 2 atom stereocenters. The number of nitro benzene ring substituents is 1. The van der Waals surface area contributed by atoms with E-state index in [0.29, 0.717) is 37.8 Å². The maximum absolute atomic E-state index is 12.3. The number of nitro groups is 1. The maximum atomic E-state index is 12.3. The number of nitrogens with zero attached hydrogens (tertiary/aromatic N) is 3. The van der Waals surface area contributed by atoms with Crippen LogP contribution in [0.4, 0.5) is 11.4 Å². The molecular formula is C16H21N3O5S. The zero-order valence-electron chi connectivity index (χ0n) is 14.2. The highest BCUT2D eigenvalue weighted by molar-refractivity contribution is 7.90. The Bertz CT molecular complexity index is 815. The molecule has 2 aliphatic rings. The third kappa shape index (κ3) is 3.60. The summed E-state index contributed by atoms with van der Waals surface area (Å²) in [5.41, 5.74) is 0.169. The van der Waals surface area contributed by atoms with Gasteiger partial charge in [-0.2, -0.15) is 0 Å². The van der Waals surface area contributed by atoms with Gasteiger partial charge < -0.3 is 9.80 Å². The molecule has 1 aliphatic heterocycles. The van der Waals surface area contributed by atoms with Crippen molar-refractivity contribution in [2.24, 2.45) is 11.8 Å². The fraction of sp³-hybridized carbons (Fsp3) is 0.562. The van der Waals surface area contributed by atoms with E-state index in [0.717, 1.165) is 18.7 Å². The summed E-state index contributed by atoms with van der Waals surface area (Å²) < 4.78 is 23.3. The standard InChI is InChI=1S/C16H21N3O5S/c1-11-9-13(11)16(20)18-7-5-17(6-8-18)14-4-3-12(25(2,23)24)10-15(14)19(21)22/h3-4,10-11,13H,5-9H2,1-2H3/t11-,13-/m0/s1. The SMILES string of the molecule is C[C@H]1C[C@@H]1C(=O)N1CCN(c2ccc(S(C)(=O)=O)cc2[N+](=O)[O-])CC1. The van der Waals surface area contributed by atoms with Gasteiger partial charge in [-0.15, -0.1) is 0 Å². The number of rotatable bonds is 4. The number of carbonyl (C=O) groups is 1. The lowest BCUT2D eigenvalue weighted by Crippen LogP contribution is -2.49. The van der Waals surface area contributed by atoms with E-state index < -0.39 is 14.8 Å². The molecule has 0 spiro atoms. The van der Waals surface area contributed by atoms with Gasteiger partial charge in [0.05, 0.1) is 9.82 Å². The molecule has 1 heterocycles. The third-order valence-corrected chi connectivity index (χ3v) is 6.04. The summed E-state index contributed by atoms with van der Waals surface area (Å²) in [6.45, 7) is 4.09. The molecule has 1 saturated carbocycles. The molecule has 0 N–H and O–H groups in total. The molecule has 8 nitrogen and oxygen atoms in total. The Balaban J connectivity index is 1.76. The predicted molar refractivity (Wildman–Crippen MR) is 92.3 cm³/mol. The maximum Gasteiger partial charge on any atom is 0.293 e. The number of hydrogen-bond donors (Lipinski definition) is 0. The zero-order chi connectivity index (χ0) is 18.4. The van der Waals surface area contributed by atoms with Crippen molar-refractivity contribution in [2.45, 2.75) is 18.2 Å². The van der Waals surface area contributed by atoms with Crippen LogP contribution in [0.5, 0.6) is 0 Å². The predicted octanol–water partition coefficient (Wildman–Crippen LogP) is 1.30. The molecule has 1 aromatic carbocycles. The van der Waals surface area contributed by atoms with Gasteiger partial charge in [0.25, 0.3) is 5.69 Å². The van der Waals surface area contributed by atoms with Crippen molar-refractivity contribution in [1.29, 1.82) is 0 Å². The van der Waals surface area contributed by atoms with Crippen LogP contribution in [0, 0.1) is 22.0 Å². The second kappa shape index (κ2) is 6.29. The summed E-state index contributed by atoms with van der Waals surface area (Å²) in [6, 6.07) is 3.98. The zero-order valence-corrected chi connectivity index (χ0v) is 15.0. The monoisotopic (exact) mass is 367 g/mol. The van der Waals surface area contributed by atoms with E-state index in [1.807, 2.05) is 9.80 Å². The van der Waals surface area contributed by atoms with E-state index in [-0.39, 0.29) is 22.4 Å². The molecule has 1 saturated heterocycles. The Morgan fingerprint density at radius 3 is 2.32 bits per heavy atom. The largest absolute Gasteiger partial charge is 0.362 e. The summed E-state index contributed by atoms with van der Waals surface area (Å²) in [6.07, 6.45) is 1.96. The number of piperazine rings is 1. The van der Waals surface area contributed by atoms with Crippen molar-refractivity contribution in [3.8, 4) is 0 Å². The first-order valence-electron chi connectivity index (χ1n) is 8.20. The van der Waals surface area contributed by atoms with Crippen molar-refractivity contribution in [3.63, 3.8) is 0 Å². The van der Waals surface area contributed by atoms with E-state index in [2.05, 4.69) is 6.92 Å². The van der Waals surface area contributed by atoms with Crippen molar-refractivity contribution in [1.82, 2.24) is 4.90 Å². The lowest BCUT2D eigenvalue weighted by Gasteiger charge is -2.36. The molecule has 0 unspecified atom stereocenters. The minimum Gasteiger partial charge on any atom is -0.362 e. The third-order valence-electron chi connectivity index (χ3n) is 4.93. The number of sulfone groups is 1. The highest BCUT2D eigenvalue weighted by Gasteiger charge is 2.42. The normalized spacial score (nSPS) is 23.4. The molecule has 0 radical (unpaired) electrons. The molecule has 0 bridgehead atoms. The first kappa shape index (κ1) is 17.7. The Labute approximate surface area is 146 Å². The van der Waals surface area contributed by atoms with Crippen LogP contribution in [0.3, 0.4) is 0 Å². The summed E-state index contributed by atoms with van der Waals surface area (Å²) in [5.74, 6) is 0.763. The molecular weight excluding hydrogens is 346 g/mol. The average molecular weight is 367 g/mol. The van der Waals surface area contributed by atoms with E-state index in [1.54, 1.807) is 0 Å². The second-order valence-corrected chi connectivity index (χ2v) is 8.83. The molecule has 136 valence electrons. The van der Waals surface area contributed by atoms with Crippen LogP contribution < -0.4 is 4.90 Å². The molecule has 1 aromatic rings. The lowest BCUT2D eigenvalue weighted by atomic mass is 10.2. The molecule has 25 heavy (non-hydrogen) atoms. The first-order valence-corrected chi connectivity index (χ1v) is 10.1. The molecule has 2 fully saturated rings. The number of anilines is 1. The summed E-state index contributed by atoms with van der Waals surface area (Å²) >= 11 is 0. The minimum absolute atomic E-state index is 0.0699. The number of carbonyl (C=O) groups excluding carboxylic acids is 1. The van der Waals surface area contributed by atoms with Gasteiger partial charge in [-0.25, -0.2) is 8.42 Å². The summed E-state index contributed by atoms with van der Waals surface area (Å²) in [4.78, 5) is 26.7. The van der Waals surface area contributed by atoms with Gasteiger partial charge in [-0.3, -0.25) is 14.9 Å². The van der Waals surface area contributed by atoms with Crippen LogP contribution in [-0.2, 0) is 14.6 Å². The fourth-order valence-electron chi connectivity index (χ4n) is 3.22. The van der Waals surface area contributed by atoms with Crippen molar-refractivity contribution in [2.75, 3.05) is 37.3 Å². The Kier molecular flexibility index (Phi) is 4.44. The molecule has 9 heteroatoms. The van der Waals surface area contributed by atoms with Crippen LogP contribution in [0.25, 0.3) is 0 Å². The summed E-state index contributed by atoms with van der Waals surface area (Å²) in [7, 11) is -3.51. The highest BCUT2D eigenvalue weighted by atomic mass is 32.2. The molecule has 0 aromatic heterocycles. The average Bonchev–Trinajstić information content (AvgIpc) is 3.29. The summed E-state index contributed by atoms with van der Waals surface area (Å²) in [5, 5.41) is 11.4. The molecule has 3 rings (SSSR count). The quantitative estimate of drug-likeness (QED) is 0.587. The Morgan fingerprint density at radius 2 is 1.84 bits per heavy atom. The van der Waals surface area contributed by atoms with Crippen molar-refractivity contribution < 1.29 is 18.1 Å². The van der Waals surface area contributed by atoms with Crippen molar-refractivity contribution in [3.05, 3.63) is 28.3 Å². The number of amides is 1. The van der Waals surface area contributed by atoms with E-state index in [1.165, 1.54) is 12.1 Å². The van der Waals surface area contributed by atoms with Gasteiger partial charge in [-0.1, -0.05) is 6.92 Å². The molecule has 1 amide bonds. The van der Waals surface area contributed by atoms with Gasteiger partial charge in [0.1, 0.15) is 5.69 Å². The highest BCUT2D eigenvalue weighted by Crippen LogP contribution is 2.39. The van der Waals surface area contributed by atoms with Crippen LogP contribution in [0.1, 0.15) is 13.3 Å². The van der Waals surface area contributed by atoms with Crippen molar-refractivity contribution >= 4 is 27.1 Å². The number of hydrogen-bond acceptors (Lipinski definition) is 6. The van der Waals surface area contributed by atoms with Crippen LogP contribution in [-0.4, -0.2) is 56.6 Å². The minimum atomic E-state index is -3.51. The van der Waals surface area contributed by atoms with E-state index in [4.69, 9.17) is 0 Å². The lowest BCUT2D eigenvalue weighted by molar-refractivity contribution is -0.384. The topological polar surface area (TPSA) is 101 Å². The van der Waals surface area contributed by atoms with E-state index >= 15 is 0 Å². The van der Waals surface area contributed by atoms with Gasteiger partial charge in [0, 0.05) is 44.4 Å². The first-order chi connectivity index (χ1) is 11.7.